The van der Waals surface area contributed by atoms with E-state index < -0.39 is 5.25 Å². The summed E-state index contributed by atoms with van der Waals surface area (Å²) in [5, 5.41) is 3.00. The van der Waals surface area contributed by atoms with Gasteiger partial charge in [0.05, 0.1) is 12.8 Å². The van der Waals surface area contributed by atoms with Gasteiger partial charge in [-0.15, -0.1) is 0 Å². The van der Waals surface area contributed by atoms with Crippen LogP contribution in [0.4, 0.5) is 11.4 Å². The van der Waals surface area contributed by atoms with E-state index in [1.807, 2.05) is 38.1 Å². The molecule has 0 aromatic heterocycles. The fraction of sp³-hybridized carbons (Fsp3) is 0.286. The number of rotatable bonds is 6. The van der Waals surface area contributed by atoms with E-state index in [0.29, 0.717) is 17.4 Å². The standard InChI is InChI=1S/C21H23N3O3S/c1-4-24-20(26)18(28-21(24)23-16-7-5-6-14(2)12-16)13-19(25)22-15-8-10-17(27-3)11-9-15/h5-12,18H,4,13H2,1-3H3,(H,22,25). The molecular weight excluding hydrogens is 374 g/mol. The molecule has 0 saturated carbocycles. The lowest BCUT2D eigenvalue weighted by Crippen LogP contribution is -2.33. The van der Waals surface area contributed by atoms with E-state index in [0.717, 1.165) is 17.0 Å². The number of aliphatic imine (C=N–C) groups is 1. The van der Waals surface area contributed by atoms with Crippen molar-refractivity contribution in [1.82, 2.24) is 4.90 Å². The Bertz CT molecular complexity index is 896. The van der Waals surface area contributed by atoms with Crippen molar-refractivity contribution in [1.29, 1.82) is 0 Å². The maximum Gasteiger partial charge on any atom is 0.242 e. The zero-order valence-corrected chi connectivity index (χ0v) is 17.0. The molecule has 0 spiro atoms. The van der Waals surface area contributed by atoms with Crippen LogP contribution >= 0.6 is 11.8 Å². The van der Waals surface area contributed by atoms with Crippen molar-refractivity contribution in [2.24, 2.45) is 4.99 Å². The van der Waals surface area contributed by atoms with E-state index in [-0.39, 0.29) is 18.2 Å². The lowest BCUT2D eigenvalue weighted by molar-refractivity contribution is -0.128. The molecule has 2 amide bonds. The Morgan fingerprint density at radius 1 is 1.25 bits per heavy atom. The summed E-state index contributed by atoms with van der Waals surface area (Å²) in [5.41, 5.74) is 2.58. The van der Waals surface area contributed by atoms with Gasteiger partial charge in [0.1, 0.15) is 11.0 Å². The third-order valence-corrected chi connectivity index (χ3v) is 5.48. The van der Waals surface area contributed by atoms with Gasteiger partial charge in [0.2, 0.25) is 11.8 Å². The molecule has 1 aliphatic rings. The van der Waals surface area contributed by atoms with Crippen molar-refractivity contribution >= 4 is 40.1 Å². The van der Waals surface area contributed by atoms with Crippen molar-refractivity contribution in [3.05, 3.63) is 54.1 Å². The fourth-order valence-corrected chi connectivity index (χ4v) is 4.10. The molecule has 1 saturated heterocycles. The molecule has 1 N–H and O–H groups in total. The molecule has 1 fully saturated rings. The summed E-state index contributed by atoms with van der Waals surface area (Å²) in [6, 6.07) is 14.9. The predicted molar refractivity (Wildman–Crippen MR) is 113 cm³/mol. The Morgan fingerprint density at radius 2 is 2.00 bits per heavy atom. The summed E-state index contributed by atoms with van der Waals surface area (Å²) in [6.07, 6.45) is 0.0961. The van der Waals surface area contributed by atoms with Gasteiger partial charge < -0.3 is 10.1 Å². The lowest BCUT2D eigenvalue weighted by atomic mass is 10.2. The SMILES string of the molecule is CCN1C(=O)C(CC(=O)Nc2ccc(OC)cc2)SC1=Nc1cccc(C)c1. The minimum atomic E-state index is -0.471. The van der Waals surface area contributed by atoms with Crippen molar-refractivity contribution < 1.29 is 14.3 Å². The fourth-order valence-electron chi connectivity index (χ4n) is 2.88. The van der Waals surface area contributed by atoms with Gasteiger partial charge in [0.15, 0.2) is 5.17 Å². The van der Waals surface area contributed by atoms with Crippen LogP contribution in [0.3, 0.4) is 0 Å². The molecule has 146 valence electrons. The molecule has 7 heteroatoms. The van der Waals surface area contributed by atoms with Crippen LogP contribution in [0.5, 0.6) is 5.75 Å². The second kappa shape index (κ2) is 8.93. The lowest BCUT2D eigenvalue weighted by Gasteiger charge is -2.13. The molecule has 28 heavy (non-hydrogen) atoms. The predicted octanol–water partition coefficient (Wildman–Crippen LogP) is 3.98. The molecular formula is C21H23N3O3S. The second-order valence-electron chi connectivity index (χ2n) is 6.40. The van der Waals surface area contributed by atoms with Gasteiger partial charge in [-0.05, 0) is 55.8 Å². The van der Waals surface area contributed by atoms with Gasteiger partial charge in [-0.25, -0.2) is 4.99 Å². The number of nitrogens with one attached hydrogen (secondary N) is 1. The Balaban J connectivity index is 1.68. The van der Waals surface area contributed by atoms with Crippen molar-refractivity contribution in [2.75, 3.05) is 19.0 Å². The van der Waals surface area contributed by atoms with E-state index in [2.05, 4.69) is 10.3 Å². The number of hydrogen-bond donors (Lipinski definition) is 1. The molecule has 1 heterocycles. The number of carbonyl (C=O) groups is 2. The van der Waals surface area contributed by atoms with Gasteiger partial charge in [-0.1, -0.05) is 23.9 Å². The smallest absolute Gasteiger partial charge is 0.242 e. The van der Waals surface area contributed by atoms with Crippen LogP contribution < -0.4 is 10.1 Å². The van der Waals surface area contributed by atoms with Gasteiger partial charge in [-0.3, -0.25) is 14.5 Å². The number of anilines is 1. The summed E-state index contributed by atoms with van der Waals surface area (Å²) in [4.78, 5) is 31.4. The van der Waals surface area contributed by atoms with Crippen LogP contribution in [0.25, 0.3) is 0 Å². The van der Waals surface area contributed by atoms with Crippen LogP contribution in [0.15, 0.2) is 53.5 Å². The highest BCUT2D eigenvalue weighted by Gasteiger charge is 2.38. The molecule has 0 radical (unpaired) electrons. The van der Waals surface area contributed by atoms with E-state index >= 15 is 0 Å². The molecule has 1 aliphatic heterocycles. The van der Waals surface area contributed by atoms with Crippen molar-refractivity contribution in [3.63, 3.8) is 0 Å². The average Bonchev–Trinajstić information content (AvgIpc) is 2.96. The summed E-state index contributed by atoms with van der Waals surface area (Å²) in [5.74, 6) is 0.433. The second-order valence-corrected chi connectivity index (χ2v) is 7.57. The Hall–Kier alpha value is -2.80. The first-order chi connectivity index (χ1) is 13.5. The highest BCUT2D eigenvalue weighted by Crippen LogP contribution is 2.32. The minimum Gasteiger partial charge on any atom is -0.497 e. The number of amidine groups is 1. The van der Waals surface area contributed by atoms with Crippen LogP contribution in [-0.2, 0) is 9.59 Å². The highest BCUT2D eigenvalue weighted by molar-refractivity contribution is 8.15. The van der Waals surface area contributed by atoms with Crippen LogP contribution in [0.1, 0.15) is 18.9 Å². The van der Waals surface area contributed by atoms with Gasteiger partial charge in [0, 0.05) is 18.7 Å². The molecule has 3 rings (SSSR count). The largest absolute Gasteiger partial charge is 0.497 e. The summed E-state index contributed by atoms with van der Waals surface area (Å²) < 4.78 is 5.11. The number of thioether (sulfide) groups is 1. The molecule has 2 aromatic rings. The zero-order valence-electron chi connectivity index (χ0n) is 16.1. The summed E-state index contributed by atoms with van der Waals surface area (Å²) >= 11 is 1.34. The van der Waals surface area contributed by atoms with E-state index in [1.165, 1.54) is 11.8 Å². The quantitative estimate of drug-likeness (QED) is 0.800. The number of amides is 2. The summed E-state index contributed by atoms with van der Waals surface area (Å²) in [7, 11) is 1.59. The van der Waals surface area contributed by atoms with Gasteiger partial charge in [-0.2, -0.15) is 0 Å². The van der Waals surface area contributed by atoms with Gasteiger partial charge >= 0.3 is 0 Å². The third kappa shape index (κ3) is 4.72. The topological polar surface area (TPSA) is 71.0 Å². The van der Waals surface area contributed by atoms with Gasteiger partial charge in [0.25, 0.3) is 0 Å². The molecule has 0 bridgehead atoms. The molecule has 1 unspecified atom stereocenters. The Labute approximate surface area is 169 Å². The number of carbonyl (C=O) groups excluding carboxylic acids is 2. The number of hydrogen-bond acceptors (Lipinski definition) is 5. The maximum absolute atomic E-state index is 12.7. The average molecular weight is 398 g/mol. The molecule has 0 aliphatic carbocycles. The number of benzene rings is 2. The van der Waals surface area contributed by atoms with Crippen LogP contribution in [-0.4, -0.2) is 40.8 Å². The first kappa shape index (κ1) is 19.9. The first-order valence-electron chi connectivity index (χ1n) is 9.07. The minimum absolute atomic E-state index is 0.0798. The van der Waals surface area contributed by atoms with Crippen LogP contribution in [0.2, 0.25) is 0 Å². The van der Waals surface area contributed by atoms with E-state index in [9.17, 15) is 9.59 Å². The zero-order chi connectivity index (χ0) is 20.1. The maximum atomic E-state index is 12.7. The Kier molecular flexibility index (Phi) is 6.36. The number of aryl methyl sites for hydroxylation is 1. The van der Waals surface area contributed by atoms with Crippen molar-refractivity contribution in [3.8, 4) is 5.75 Å². The Morgan fingerprint density at radius 3 is 2.64 bits per heavy atom. The number of ether oxygens (including phenoxy) is 1. The number of nitrogens with zero attached hydrogens (tertiary/aromatic N) is 2. The van der Waals surface area contributed by atoms with E-state index in [4.69, 9.17) is 4.74 Å². The van der Waals surface area contributed by atoms with Crippen molar-refractivity contribution in [2.45, 2.75) is 25.5 Å². The molecule has 1 atom stereocenters. The monoisotopic (exact) mass is 397 g/mol. The third-order valence-electron chi connectivity index (χ3n) is 4.31. The van der Waals surface area contributed by atoms with E-state index in [1.54, 1.807) is 36.3 Å². The summed E-state index contributed by atoms with van der Waals surface area (Å²) in [6.45, 7) is 4.43. The first-order valence-corrected chi connectivity index (χ1v) is 9.95. The highest BCUT2D eigenvalue weighted by atomic mass is 32.2. The molecule has 6 nitrogen and oxygen atoms in total. The van der Waals surface area contributed by atoms with Crippen LogP contribution in [0, 0.1) is 6.92 Å². The number of methoxy groups -OCH3 is 1. The molecule has 2 aromatic carbocycles. The normalized spacial score (nSPS) is 17.8.